The van der Waals surface area contributed by atoms with E-state index in [4.69, 9.17) is 5.73 Å². The fourth-order valence-corrected chi connectivity index (χ4v) is 2.23. The minimum Gasteiger partial charge on any atom is -0.406 e. The number of halogens is 5. The zero-order chi connectivity index (χ0) is 21.4. The van der Waals surface area contributed by atoms with Gasteiger partial charge < -0.3 is 21.1 Å². The number of aliphatic imine (C=N–C) groups is 1. The molecule has 1 amide bonds. The van der Waals surface area contributed by atoms with Crippen molar-refractivity contribution < 1.29 is 27.1 Å². The third-order valence-electron chi connectivity index (χ3n) is 3.74. The molecule has 0 aliphatic rings. The van der Waals surface area contributed by atoms with Crippen LogP contribution < -0.4 is 21.1 Å². The number of guanidine groups is 1. The Morgan fingerprint density at radius 2 is 1.73 bits per heavy atom. The second kappa shape index (κ2) is 11.6. The number of nitrogens with two attached hydrogens (primary N) is 1. The third kappa shape index (κ3) is 8.84. The molecule has 0 atom stereocenters. The maximum absolute atomic E-state index is 13.5. The molecule has 0 spiro atoms. The summed E-state index contributed by atoms with van der Waals surface area (Å²) in [6, 6.07) is 9.48. The van der Waals surface area contributed by atoms with Gasteiger partial charge in [0.05, 0.1) is 6.54 Å². The average molecular weight is 540 g/mol. The molecule has 0 fully saturated rings. The number of hydrogen-bond donors (Lipinski definition) is 3. The van der Waals surface area contributed by atoms with Crippen molar-refractivity contribution >= 4 is 35.8 Å². The van der Waals surface area contributed by atoms with Gasteiger partial charge in [0.25, 0.3) is 5.91 Å². The molecule has 0 radical (unpaired) electrons. The van der Waals surface area contributed by atoms with Gasteiger partial charge >= 0.3 is 6.36 Å². The van der Waals surface area contributed by atoms with Crippen LogP contribution in [-0.2, 0) is 6.54 Å². The molecule has 0 saturated heterocycles. The van der Waals surface area contributed by atoms with Crippen molar-refractivity contribution in [2.24, 2.45) is 10.7 Å². The highest BCUT2D eigenvalue weighted by Crippen LogP contribution is 2.22. The second-order valence-electron chi connectivity index (χ2n) is 6.04. The molecule has 11 heteroatoms. The SMILES string of the molecule is Cc1ccc(C(=O)NCCNC(N)=NCc2ccc(OC(F)(F)F)cc2)cc1F.I. The lowest BCUT2D eigenvalue weighted by atomic mass is 10.1. The first-order valence-electron chi connectivity index (χ1n) is 8.57. The molecule has 0 bridgehead atoms. The van der Waals surface area contributed by atoms with Crippen molar-refractivity contribution in [3.8, 4) is 5.75 Å². The Morgan fingerprint density at radius 1 is 1.10 bits per heavy atom. The van der Waals surface area contributed by atoms with Crippen molar-refractivity contribution in [1.29, 1.82) is 0 Å². The van der Waals surface area contributed by atoms with E-state index in [9.17, 15) is 22.4 Å². The molecule has 0 saturated carbocycles. The highest BCUT2D eigenvalue weighted by atomic mass is 127. The normalized spacial score (nSPS) is 11.4. The summed E-state index contributed by atoms with van der Waals surface area (Å²) in [6.45, 7) is 2.27. The lowest BCUT2D eigenvalue weighted by Crippen LogP contribution is -2.38. The number of rotatable bonds is 7. The predicted molar refractivity (Wildman–Crippen MR) is 115 cm³/mol. The highest BCUT2D eigenvalue weighted by molar-refractivity contribution is 14.0. The molecule has 2 aromatic carbocycles. The van der Waals surface area contributed by atoms with Crippen molar-refractivity contribution in [3.63, 3.8) is 0 Å². The quantitative estimate of drug-likeness (QED) is 0.165. The Kier molecular flexibility index (Phi) is 9.82. The molecule has 4 N–H and O–H groups in total. The van der Waals surface area contributed by atoms with Crippen molar-refractivity contribution in [3.05, 3.63) is 65.0 Å². The van der Waals surface area contributed by atoms with Gasteiger partial charge in [-0.2, -0.15) is 0 Å². The predicted octanol–water partition coefficient (Wildman–Crippen LogP) is 3.49. The van der Waals surface area contributed by atoms with E-state index in [0.717, 1.165) is 0 Å². The van der Waals surface area contributed by atoms with Crippen molar-refractivity contribution in [1.82, 2.24) is 10.6 Å². The van der Waals surface area contributed by atoms with E-state index in [-0.39, 0.29) is 60.9 Å². The highest BCUT2D eigenvalue weighted by Gasteiger charge is 2.30. The number of nitrogens with zero attached hydrogens (tertiary/aromatic N) is 1. The summed E-state index contributed by atoms with van der Waals surface area (Å²) >= 11 is 0. The number of carbonyl (C=O) groups is 1. The van der Waals surface area contributed by atoms with E-state index < -0.39 is 18.1 Å². The molecule has 164 valence electrons. The zero-order valence-electron chi connectivity index (χ0n) is 15.9. The smallest absolute Gasteiger partial charge is 0.406 e. The van der Waals surface area contributed by atoms with Crippen LogP contribution in [0, 0.1) is 12.7 Å². The van der Waals surface area contributed by atoms with Gasteiger partial charge in [-0.1, -0.05) is 18.2 Å². The Balaban J connectivity index is 0.00000450. The van der Waals surface area contributed by atoms with Crippen LogP contribution in [0.15, 0.2) is 47.5 Å². The minimum atomic E-state index is -4.74. The summed E-state index contributed by atoms with van der Waals surface area (Å²) in [7, 11) is 0. The first-order chi connectivity index (χ1) is 13.6. The molecule has 0 aliphatic heterocycles. The van der Waals surface area contributed by atoms with E-state index in [0.29, 0.717) is 11.1 Å². The van der Waals surface area contributed by atoms with Crippen LogP contribution in [0.3, 0.4) is 0 Å². The monoisotopic (exact) mass is 540 g/mol. The Morgan fingerprint density at radius 3 is 2.33 bits per heavy atom. The molecule has 0 unspecified atom stereocenters. The number of carbonyl (C=O) groups excluding carboxylic acids is 1. The average Bonchev–Trinajstić information content (AvgIpc) is 2.65. The number of alkyl halides is 3. The van der Waals surface area contributed by atoms with Crippen molar-refractivity contribution in [2.75, 3.05) is 13.1 Å². The summed E-state index contributed by atoms with van der Waals surface area (Å²) in [4.78, 5) is 16.0. The summed E-state index contributed by atoms with van der Waals surface area (Å²) < 4.78 is 53.6. The van der Waals surface area contributed by atoms with Crippen LogP contribution in [0.1, 0.15) is 21.5 Å². The van der Waals surface area contributed by atoms with Gasteiger partial charge in [-0.15, -0.1) is 37.1 Å². The number of hydrogen-bond acceptors (Lipinski definition) is 3. The van der Waals surface area contributed by atoms with E-state index in [1.54, 1.807) is 6.92 Å². The molecule has 0 aliphatic carbocycles. The molecule has 0 aromatic heterocycles. The molecule has 2 aromatic rings. The summed E-state index contributed by atoms with van der Waals surface area (Å²) in [5, 5.41) is 5.40. The molecule has 30 heavy (non-hydrogen) atoms. The van der Waals surface area contributed by atoms with Crippen LogP contribution in [-0.4, -0.2) is 31.3 Å². The van der Waals surface area contributed by atoms with Gasteiger partial charge in [0, 0.05) is 18.7 Å². The number of ether oxygens (including phenoxy) is 1. The molecule has 6 nitrogen and oxygen atoms in total. The van der Waals surface area contributed by atoms with Crippen LogP contribution in [0.2, 0.25) is 0 Å². The first-order valence-corrected chi connectivity index (χ1v) is 8.57. The standard InChI is InChI=1S/C19H20F4N4O2.HI/c1-12-2-5-14(10-16(12)20)17(28)25-8-9-26-18(24)27-11-13-3-6-15(7-4-13)29-19(21,22)23;/h2-7,10H,8-9,11H2,1H3,(H,25,28)(H3,24,26,27);1H. The Hall–Kier alpha value is -2.57. The van der Waals surface area contributed by atoms with E-state index in [1.165, 1.54) is 42.5 Å². The lowest BCUT2D eigenvalue weighted by Gasteiger charge is -2.09. The van der Waals surface area contributed by atoms with Crippen LogP contribution in [0.4, 0.5) is 17.6 Å². The summed E-state index contributed by atoms with van der Waals surface area (Å²) in [5.41, 5.74) is 7.01. The van der Waals surface area contributed by atoms with E-state index in [1.807, 2.05) is 0 Å². The molecule has 2 rings (SSSR count). The fourth-order valence-electron chi connectivity index (χ4n) is 2.23. The van der Waals surface area contributed by atoms with Crippen LogP contribution in [0.25, 0.3) is 0 Å². The summed E-state index contributed by atoms with van der Waals surface area (Å²) in [6.07, 6.45) is -4.74. The van der Waals surface area contributed by atoms with Gasteiger partial charge in [0.15, 0.2) is 5.96 Å². The van der Waals surface area contributed by atoms with Gasteiger partial charge in [-0.05, 0) is 42.3 Å². The largest absolute Gasteiger partial charge is 0.573 e. The topological polar surface area (TPSA) is 88.7 Å². The first kappa shape index (κ1) is 25.5. The minimum absolute atomic E-state index is 0. The molecular formula is C19H21F4IN4O2. The number of benzene rings is 2. The van der Waals surface area contributed by atoms with Gasteiger partial charge in [0.1, 0.15) is 11.6 Å². The van der Waals surface area contributed by atoms with Gasteiger partial charge in [-0.25, -0.2) is 9.38 Å². The number of aryl methyl sites for hydroxylation is 1. The Labute approximate surface area is 187 Å². The number of amides is 1. The summed E-state index contributed by atoms with van der Waals surface area (Å²) in [5.74, 6) is -1.08. The molecular weight excluding hydrogens is 519 g/mol. The van der Waals surface area contributed by atoms with Gasteiger partial charge in [-0.3, -0.25) is 4.79 Å². The molecule has 0 heterocycles. The second-order valence-corrected chi connectivity index (χ2v) is 6.04. The van der Waals surface area contributed by atoms with E-state index in [2.05, 4.69) is 20.4 Å². The Bertz CT molecular complexity index is 874. The maximum Gasteiger partial charge on any atom is 0.573 e. The van der Waals surface area contributed by atoms with E-state index >= 15 is 0 Å². The lowest BCUT2D eigenvalue weighted by molar-refractivity contribution is -0.274. The van der Waals surface area contributed by atoms with Gasteiger partial charge in [0.2, 0.25) is 0 Å². The maximum atomic E-state index is 13.5. The zero-order valence-corrected chi connectivity index (χ0v) is 18.3. The fraction of sp³-hybridized carbons (Fsp3) is 0.263. The van der Waals surface area contributed by atoms with Crippen LogP contribution >= 0.6 is 24.0 Å². The third-order valence-corrected chi connectivity index (χ3v) is 3.74. The number of nitrogens with one attached hydrogen (secondary N) is 2. The van der Waals surface area contributed by atoms with Crippen LogP contribution in [0.5, 0.6) is 5.75 Å². The van der Waals surface area contributed by atoms with Crippen molar-refractivity contribution in [2.45, 2.75) is 19.8 Å².